The molecule has 0 atom stereocenters. The molecular formula is C50H48N2O4. The van der Waals surface area contributed by atoms with Crippen molar-refractivity contribution in [2.45, 2.75) is 52.4 Å². The van der Waals surface area contributed by atoms with E-state index in [0.29, 0.717) is 25.0 Å². The van der Waals surface area contributed by atoms with Crippen molar-refractivity contribution >= 4 is 51.7 Å². The molecule has 0 aliphatic carbocycles. The molecule has 0 amide bonds. The van der Waals surface area contributed by atoms with E-state index >= 15 is 0 Å². The van der Waals surface area contributed by atoms with E-state index in [2.05, 4.69) is 138 Å². The van der Waals surface area contributed by atoms with Crippen LogP contribution in [0.25, 0.3) is 0 Å². The van der Waals surface area contributed by atoms with E-state index in [0.717, 1.165) is 64.5 Å². The van der Waals surface area contributed by atoms with Gasteiger partial charge in [0, 0.05) is 59.5 Å². The van der Waals surface area contributed by atoms with Gasteiger partial charge in [0.05, 0.1) is 6.61 Å². The van der Waals surface area contributed by atoms with Crippen LogP contribution in [0.2, 0.25) is 0 Å². The zero-order valence-corrected chi connectivity index (χ0v) is 32.2. The summed E-state index contributed by atoms with van der Waals surface area (Å²) in [7, 11) is 0. The lowest BCUT2D eigenvalue weighted by Gasteiger charge is -2.26. The van der Waals surface area contributed by atoms with Crippen molar-refractivity contribution in [1.82, 2.24) is 0 Å². The third-order valence-electron chi connectivity index (χ3n) is 9.74. The number of ether oxygens (including phenoxy) is 1. The second kappa shape index (κ2) is 19.2. The van der Waals surface area contributed by atoms with Crippen LogP contribution in [0.4, 0.5) is 34.1 Å². The second-order valence-corrected chi connectivity index (χ2v) is 14.0. The van der Waals surface area contributed by atoms with Gasteiger partial charge in [-0.05, 0) is 128 Å². The summed E-state index contributed by atoms with van der Waals surface area (Å²) < 4.78 is 5.29. The number of rotatable bonds is 18. The Morgan fingerprint density at radius 3 is 1.16 bits per heavy atom. The molecule has 0 unspecified atom stereocenters. The Kier molecular flexibility index (Phi) is 13.4. The predicted molar refractivity (Wildman–Crippen MR) is 228 cm³/mol. The van der Waals surface area contributed by atoms with Crippen LogP contribution in [0, 0.1) is 0 Å². The number of hydrogen-bond donors (Lipinski definition) is 0. The molecule has 6 nitrogen and oxygen atoms in total. The molecule has 6 heteroatoms. The second-order valence-electron chi connectivity index (χ2n) is 14.0. The largest absolute Gasteiger partial charge is 0.462 e. The van der Waals surface area contributed by atoms with Crippen molar-refractivity contribution in [3.05, 3.63) is 192 Å². The molecule has 0 saturated carbocycles. The molecule has 0 N–H and O–H groups in total. The normalized spacial score (nSPS) is 10.8. The topological polar surface area (TPSA) is 66.9 Å². The summed E-state index contributed by atoms with van der Waals surface area (Å²) in [5.74, 6) is -1.04. The quantitative estimate of drug-likeness (QED) is 0.0496. The van der Waals surface area contributed by atoms with Gasteiger partial charge in [0.1, 0.15) is 0 Å². The van der Waals surface area contributed by atoms with Crippen molar-refractivity contribution in [3.63, 3.8) is 0 Å². The van der Waals surface area contributed by atoms with Gasteiger partial charge in [0.15, 0.2) is 11.6 Å². The molecule has 0 aliphatic heterocycles. The molecule has 0 radical (unpaired) electrons. The van der Waals surface area contributed by atoms with E-state index in [1.54, 1.807) is 6.92 Å². The SMILES string of the molecule is C=C(C)C(=O)OCCc1ccc(N(c2ccccc2)c2ccc(CCc3ccc(N(c4ccccc4)c4ccc(CCCC(=O)C(C)=O)cc4)cc3)cc2)cc1. The first-order chi connectivity index (χ1) is 27.2. The van der Waals surface area contributed by atoms with Gasteiger partial charge in [-0.1, -0.05) is 91.5 Å². The number of hydrogen-bond acceptors (Lipinski definition) is 6. The summed E-state index contributed by atoms with van der Waals surface area (Å²) in [6.07, 6.45) is 4.16. The van der Waals surface area contributed by atoms with Crippen LogP contribution in [-0.2, 0) is 44.8 Å². The van der Waals surface area contributed by atoms with Gasteiger partial charge >= 0.3 is 5.97 Å². The first kappa shape index (κ1) is 39.2. The number of nitrogens with zero attached hydrogens (tertiary/aromatic N) is 2. The standard InChI is InChI=1S/C50H48N2O4/c1-37(2)50(55)56-36-35-42-25-33-48(34-26-42)52(44-14-8-5-9-15-44)47-31-23-41(24-32-47)18-17-40-21-29-46(30-22-40)51(43-12-6-4-7-13-43)45-27-19-39(20-28-45)11-10-16-49(54)38(3)53/h4-9,12-15,19-34H,1,10-11,16-18,35-36H2,2-3H3. The molecule has 0 fully saturated rings. The van der Waals surface area contributed by atoms with E-state index in [4.69, 9.17) is 4.74 Å². The Labute approximate surface area is 330 Å². The van der Waals surface area contributed by atoms with E-state index in [1.807, 2.05) is 36.4 Å². The zero-order chi connectivity index (χ0) is 39.3. The Bertz CT molecular complexity index is 2050. The predicted octanol–water partition coefficient (Wildman–Crippen LogP) is 11.6. The molecule has 282 valence electrons. The number of aryl methyl sites for hydroxylation is 3. The Morgan fingerprint density at radius 1 is 0.464 bits per heavy atom. The number of esters is 1. The first-order valence-electron chi connectivity index (χ1n) is 19.2. The fraction of sp³-hybridized carbons (Fsp3) is 0.180. The molecule has 56 heavy (non-hydrogen) atoms. The van der Waals surface area contributed by atoms with Crippen LogP contribution in [-0.4, -0.2) is 24.1 Å². The smallest absolute Gasteiger partial charge is 0.333 e. The number of Topliss-reactive ketones (excluding diaryl/α,β-unsaturated/α-hetero) is 2. The molecule has 6 aromatic carbocycles. The maximum absolute atomic E-state index is 11.8. The van der Waals surface area contributed by atoms with E-state index in [1.165, 1.54) is 18.1 Å². The fourth-order valence-electron chi connectivity index (χ4n) is 6.60. The highest BCUT2D eigenvalue weighted by Gasteiger charge is 2.15. The van der Waals surface area contributed by atoms with Crippen molar-refractivity contribution in [3.8, 4) is 0 Å². The van der Waals surface area contributed by atoms with Crippen LogP contribution < -0.4 is 9.80 Å². The van der Waals surface area contributed by atoms with Gasteiger partial charge in [-0.15, -0.1) is 0 Å². The molecule has 0 spiro atoms. The average molecular weight is 741 g/mol. The summed E-state index contributed by atoms with van der Waals surface area (Å²) in [4.78, 5) is 39.3. The zero-order valence-electron chi connectivity index (χ0n) is 32.2. The Balaban J connectivity index is 1.11. The lowest BCUT2D eigenvalue weighted by Crippen LogP contribution is -2.10. The lowest BCUT2D eigenvalue weighted by molar-refractivity contribution is -0.138. The number of benzene rings is 6. The first-order valence-corrected chi connectivity index (χ1v) is 19.2. The Hall–Kier alpha value is -6.53. The highest BCUT2D eigenvalue weighted by molar-refractivity contribution is 6.36. The fourth-order valence-corrected chi connectivity index (χ4v) is 6.60. The van der Waals surface area contributed by atoms with Gasteiger partial charge in [-0.2, -0.15) is 0 Å². The average Bonchev–Trinajstić information content (AvgIpc) is 3.23. The van der Waals surface area contributed by atoms with Crippen LogP contribution in [0.15, 0.2) is 170 Å². The molecule has 6 aromatic rings. The number of ketones is 2. The van der Waals surface area contributed by atoms with Gasteiger partial charge < -0.3 is 14.5 Å². The van der Waals surface area contributed by atoms with E-state index in [9.17, 15) is 14.4 Å². The minimum atomic E-state index is -0.371. The summed E-state index contributed by atoms with van der Waals surface area (Å²) in [6, 6.07) is 55.1. The summed E-state index contributed by atoms with van der Waals surface area (Å²) >= 11 is 0. The third-order valence-corrected chi connectivity index (χ3v) is 9.74. The highest BCUT2D eigenvalue weighted by atomic mass is 16.5. The van der Waals surface area contributed by atoms with E-state index < -0.39 is 0 Å². The highest BCUT2D eigenvalue weighted by Crippen LogP contribution is 2.36. The summed E-state index contributed by atoms with van der Waals surface area (Å²) in [5.41, 5.74) is 11.6. The van der Waals surface area contributed by atoms with Crippen LogP contribution in [0.1, 0.15) is 48.9 Å². The molecule has 6 rings (SSSR count). The number of carbonyl (C=O) groups excluding carboxylic acids is 3. The van der Waals surface area contributed by atoms with Crippen LogP contribution in [0.5, 0.6) is 0 Å². The minimum absolute atomic E-state index is 0.285. The Morgan fingerprint density at radius 2 is 0.804 bits per heavy atom. The molecule has 0 heterocycles. The van der Waals surface area contributed by atoms with Gasteiger partial charge in [0.2, 0.25) is 0 Å². The molecular weight excluding hydrogens is 693 g/mol. The van der Waals surface area contributed by atoms with Gasteiger partial charge in [-0.3, -0.25) is 9.59 Å². The third kappa shape index (κ3) is 10.6. The minimum Gasteiger partial charge on any atom is -0.462 e. The van der Waals surface area contributed by atoms with Crippen molar-refractivity contribution < 1.29 is 19.1 Å². The maximum Gasteiger partial charge on any atom is 0.333 e. The monoisotopic (exact) mass is 740 g/mol. The molecule has 0 bridgehead atoms. The van der Waals surface area contributed by atoms with Gasteiger partial charge in [0.25, 0.3) is 0 Å². The summed E-state index contributed by atoms with van der Waals surface area (Å²) in [6.45, 7) is 6.95. The van der Waals surface area contributed by atoms with E-state index in [-0.39, 0.29) is 24.0 Å². The van der Waals surface area contributed by atoms with Crippen molar-refractivity contribution in [2.24, 2.45) is 0 Å². The lowest BCUT2D eigenvalue weighted by atomic mass is 10.0. The van der Waals surface area contributed by atoms with Crippen molar-refractivity contribution in [1.29, 1.82) is 0 Å². The number of anilines is 6. The number of carbonyl (C=O) groups is 3. The van der Waals surface area contributed by atoms with Crippen LogP contribution in [0.3, 0.4) is 0 Å². The number of para-hydroxylation sites is 2. The van der Waals surface area contributed by atoms with Crippen molar-refractivity contribution in [2.75, 3.05) is 16.4 Å². The molecule has 0 saturated heterocycles. The molecule has 0 aliphatic rings. The molecule has 0 aromatic heterocycles. The van der Waals surface area contributed by atoms with Gasteiger partial charge in [-0.25, -0.2) is 4.79 Å². The summed E-state index contributed by atoms with van der Waals surface area (Å²) in [5, 5.41) is 0. The maximum atomic E-state index is 11.8. The van der Waals surface area contributed by atoms with Crippen LogP contribution >= 0.6 is 0 Å².